The standard InChI is InChI=1S/C15H20N2O2/c1-9(2)7-13-15(5-6-16-13)11-4-3-10(18)8-12(11)17-14(15)19/h3-4,8-9,13,16,18H,5-7H2,1-2H3,(H,17,19)/t13-,15+/m1/s1. The molecule has 3 rings (SSSR count). The fourth-order valence-electron chi connectivity index (χ4n) is 3.52. The lowest BCUT2D eigenvalue weighted by molar-refractivity contribution is -0.121. The Labute approximate surface area is 113 Å². The van der Waals surface area contributed by atoms with Gasteiger partial charge in [0.25, 0.3) is 0 Å². The van der Waals surface area contributed by atoms with Gasteiger partial charge in [-0.2, -0.15) is 0 Å². The topological polar surface area (TPSA) is 61.4 Å². The summed E-state index contributed by atoms with van der Waals surface area (Å²) < 4.78 is 0. The van der Waals surface area contributed by atoms with E-state index in [1.54, 1.807) is 12.1 Å². The highest BCUT2D eigenvalue weighted by atomic mass is 16.3. The number of carbonyl (C=O) groups excluding carboxylic acids is 1. The van der Waals surface area contributed by atoms with Gasteiger partial charge in [-0.05, 0) is 36.9 Å². The summed E-state index contributed by atoms with van der Waals surface area (Å²) in [5.41, 5.74) is 1.35. The average molecular weight is 260 g/mol. The van der Waals surface area contributed by atoms with Gasteiger partial charge in [0, 0.05) is 17.8 Å². The lowest BCUT2D eigenvalue weighted by Crippen LogP contribution is -2.46. The van der Waals surface area contributed by atoms with Crippen molar-refractivity contribution in [2.45, 2.75) is 38.1 Å². The first-order valence-electron chi connectivity index (χ1n) is 6.92. The number of phenolic OH excluding ortho intramolecular Hbond substituents is 1. The molecule has 1 amide bonds. The summed E-state index contributed by atoms with van der Waals surface area (Å²) in [4.78, 5) is 12.5. The Hall–Kier alpha value is -1.55. The molecule has 3 N–H and O–H groups in total. The second-order valence-corrected chi connectivity index (χ2v) is 6.04. The second-order valence-electron chi connectivity index (χ2n) is 6.04. The van der Waals surface area contributed by atoms with Gasteiger partial charge in [-0.25, -0.2) is 0 Å². The van der Waals surface area contributed by atoms with E-state index in [1.807, 2.05) is 6.07 Å². The van der Waals surface area contributed by atoms with Gasteiger partial charge in [-0.1, -0.05) is 19.9 Å². The molecule has 0 radical (unpaired) electrons. The highest BCUT2D eigenvalue weighted by molar-refractivity contribution is 6.07. The molecule has 1 aromatic carbocycles. The van der Waals surface area contributed by atoms with Gasteiger partial charge in [0.15, 0.2) is 0 Å². The van der Waals surface area contributed by atoms with E-state index in [-0.39, 0.29) is 17.7 Å². The van der Waals surface area contributed by atoms with Crippen LogP contribution < -0.4 is 10.6 Å². The van der Waals surface area contributed by atoms with Gasteiger partial charge in [-0.15, -0.1) is 0 Å². The smallest absolute Gasteiger partial charge is 0.236 e. The lowest BCUT2D eigenvalue weighted by Gasteiger charge is -2.30. The molecular weight excluding hydrogens is 240 g/mol. The molecule has 0 unspecified atom stereocenters. The first-order chi connectivity index (χ1) is 9.04. The van der Waals surface area contributed by atoms with Crippen molar-refractivity contribution in [3.8, 4) is 5.75 Å². The number of nitrogens with one attached hydrogen (secondary N) is 2. The summed E-state index contributed by atoms with van der Waals surface area (Å²) in [5.74, 6) is 0.813. The van der Waals surface area contributed by atoms with E-state index in [4.69, 9.17) is 0 Å². The van der Waals surface area contributed by atoms with Crippen LogP contribution in [0.1, 0.15) is 32.3 Å². The number of amides is 1. The molecule has 1 aromatic rings. The zero-order valence-corrected chi connectivity index (χ0v) is 11.4. The van der Waals surface area contributed by atoms with Crippen LogP contribution in [0.5, 0.6) is 5.75 Å². The summed E-state index contributed by atoms with van der Waals surface area (Å²) in [6, 6.07) is 5.39. The predicted octanol–water partition coefficient (Wildman–Crippen LogP) is 1.99. The third-order valence-electron chi connectivity index (χ3n) is 4.35. The number of anilines is 1. The van der Waals surface area contributed by atoms with Crippen molar-refractivity contribution < 1.29 is 9.90 Å². The van der Waals surface area contributed by atoms with E-state index in [0.29, 0.717) is 5.92 Å². The minimum atomic E-state index is -0.451. The molecule has 0 bridgehead atoms. The number of hydrogen-bond donors (Lipinski definition) is 3. The molecule has 0 aromatic heterocycles. The Morgan fingerprint density at radius 3 is 3.00 bits per heavy atom. The number of rotatable bonds is 2. The number of aromatic hydroxyl groups is 1. The molecule has 1 spiro atoms. The summed E-state index contributed by atoms with van der Waals surface area (Å²) >= 11 is 0. The van der Waals surface area contributed by atoms with Crippen molar-refractivity contribution in [2.24, 2.45) is 5.92 Å². The van der Waals surface area contributed by atoms with Gasteiger partial charge in [-0.3, -0.25) is 4.79 Å². The molecule has 2 atom stereocenters. The van der Waals surface area contributed by atoms with Gasteiger partial charge in [0.2, 0.25) is 5.91 Å². The Kier molecular flexibility index (Phi) is 2.78. The third-order valence-corrected chi connectivity index (χ3v) is 4.35. The highest BCUT2D eigenvalue weighted by Crippen LogP contribution is 2.47. The van der Waals surface area contributed by atoms with Crippen LogP contribution in [-0.2, 0) is 10.2 Å². The van der Waals surface area contributed by atoms with Crippen LogP contribution in [0.3, 0.4) is 0 Å². The Morgan fingerprint density at radius 1 is 1.47 bits per heavy atom. The molecule has 2 aliphatic rings. The van der Waals surface area contributed by atoms with E-state index < -0.39 is 5.41 Å². The summed E-state index contributed by atoms with van der Waals surface area (Å²) in [5, 5.41) is 16.0. The molecule has 19 heavy (non-hydrogen) atoms. The Balaban J connectivity index is 2.06. The predicted molar refractivity (Wildman–Crippen MR) is 74.3 cm³/mol. The number of benzene rings is 1. The Bertz CT molecular complexity index is 527. The zero-order valence-electron chi connectivity index (χ0n) is 11.4. The molecule has 102 valence electrons. The molecular formula is C15H20N2O2. The van der Waals surface area contributed by atoms with E-state index in [1.165, 1.54) is 0 Å². The molecule has 2 aliphatic heterocycles. The monoisotopic (exact) mass is 260 g/mol. The van der Waals surface area contributed by atoms with E-state index in [2.05, 4.69) is 24.5 Å². The fraction of sp³-hybridized carbons (Fsp3) is 0.533. The fourth-order valence-corrected chi connectivity index (χ4v) is 3.52. The van der Waals surface area contributed by atoms with E-state index in [9.17, 15) is 9.90 Å². The maximum atomic E-state index is 12.5. The van der Waals surface area contributed by atoms with Crippen molar-refractivity contribution in [3.63, 3.8) is 0 Å². The zero-order chi connectivity index (χ0) is 13.6. The van der Waals surface area contributed by atoms with Crippen LogP contribution in [0.4, 0.5) is 5.69 Å². The van der Waals surface area contributed by atoms with Gasteiger partial charge >= 0.3 is 0 Å². The number of hydrogen-bond acceptors (Lipinski definition) is 3. The Morgan fingerprint density at radius 2 is 2.26 bits per heavy atom. The van der Waals surface area contributed by atoms with Crippen molar-refractivity contribution in [1.82, 2.24) is 5.32 Å². The normalized spacial score (nSPS) is 29.0. The first-order valence-corrected chi connectivity index (χ1v) is 6.92. The second kappa shape index (κ2) is 4.23. The van der Waals surface area contributed by atoms with Crippen molar-refractivity contribution in [3.05, 3.63) is 23.8 Å². The van der Waals surface area contributed by atoms with Crippen LogP contribution in [0, 0.1) is 5.92 Å². The summed E-state index contributed by atoms with van der Waals surface area (Å²) in [7, 11) is 0. The van der Waals surface area contributed by atoms with Crippen LogP contribution in [-0.4, -0.2) is 23.6 Å². The third kappa shape index (κ3) is 1.74. The molecule has 0 aliphatic carbocycles. The van der Waals surface area contributed by atoms with Crippen molar-refractivity contribution in [1.29, 1.82) is 0 Å². The number of fused-ring (bicyclic) bond motifs is 2. The van der Waals surface area contributed by atoms with Crippen LogP contribution >= 0.6 is 0 Å². The molecule has 2 heterocycles. The van der Waals surface area contributed by atoms with Gasteiger partial charge < -0.3 is 15.7 Å². The van der Waals surface area contributed by atoms with Gasteiger partial charge in [0.05, 0.1) is 5.41 Å². The quantitative estimate of drug-likeness (QED) is 0.762. The van der Waals surface area contributed by atoms with E-state index >= 15 is 0 Å². The molecule has 0 saturated carbocycles. The van der Waals surface area contributed by atoms with Crippen LogP contribution in [0.15, 0.2) is 18.2 Å². The average Bonchev–Trinajstić information content (AvgIpc) is 2.84. The lowest BCUT2D eigenvalue weighted by atomic mass is 9.73. The van der Waals surface area contributed by atoms with Crippen molar-refractivity contribution in [2.75, 3.05) is 11.9 Å². The first kappa shape index (κ1) is 12.5. The maximum Gasteiger partial charge on any atom is 0.236 e. The minimum Gasteiger partial charge on any atom is -0.508 e. The van der Waals surface area contributed by atoms with Crippen LogP contribution in [0.2, 0.25) is 0 Å². The summed E-state index contributed by atoms with van der Waals surface area (Å²) in [6.07, 6.45) is 1.81. The maximum absolute atomic E-state index is 12.5. The number of phenols is 1. The number of carbonyl (C=O) groups is 1. The summed E-state index contributed by atoms with van der Waals surface area (Å²) in [6.45, 7) is 5.22. The SMILES string of the molecule is CC(C)C[C@H]1NCC[C@@]12C(=O)Nc1cc(O)ccc12. The van der Waals surface area contributed by atoms with Crippen LogP contribution in [0.25, 0.3) is 0 Å². The molecule has 4 heteroatoms. The van der Waals surface area contributed by atoms with Gasteiger partial charge in [0.1, 0.15) is 5.75 Å². The molecule has 4 nitrogen and oxygen atoms in total. The highest BCUT2D eigenvalue weighted by Gasteiger charge is 2.54. The molecule has 1 fully saturated rings. The molecule has 1 saturated heterocycles. The minimum absolute atomic E-state index is 0.0729. The van der Waals surface area contributed by atoms with E-state index in [0.717, 1.165) is 30.6 Å². The largest absolute Gasteiger partial charge is 0.508 e. The van der Waals surface area contributed by atoms with Crippen molar-refractivity contribution >= 4 is 11.6 Å².